The lowest BCUT2D eigenvalue weighted by atomic mass is 9.83. The number of hydrogen-bond acceptors (Lipinski definition) is 6. The number of alkyl carbamates (subject to hydrolysis) is 1. The van der Waals surface area contributed by atoms with Crippen LogP contribution in [0.5, 0.6) is 0 Å². The molecule has 7 nitrogen and oxygen atoms in total. The van der Waals surface area contributed by atoms with E-state index in [9.17, 15) is 4.79 Å². The first-order valence-corrected chi connectivity index (χ1v) is 12.6. The minimum atomic E-state index is -2.64. The lowest BCUT2D eigenvalue weighted by Crippen LogP contribution is -2.46. The van der Waals surface area contributed by atoms with Crippen LogP contribution >= 0.6 is 0 Å². The van der Waals surface area contributed by atoms with Gasteiger partial charge in [-0.2, -0.15) is 0 Å². The summed E-state index contributed by atoms with van der Waals surface area (Å²) >= 11 is 0. The molecule has 0 aromatic rings. The molecule has 0 spiro atoms. The maximum atomic E-state index is 11.9. The molecule has 1 aliphatic carbocycles. The molecule has 1 saturated carbocycles. The number of rotatable bonds is 15. The van der Waals surface area contributed by atoms with Crippen LogP contribution in [0.15, 0.2) is 12.8 Å². The highest BCUT2D eigenvalue weighted by Gasteiger charge is 2.39. The largest absolute Gasteiger partial charge is 0.502 e. The standard InChI is InChI=1S/C20H39NO6Si/c1-5-23-16-18-10-12-19(13-11-18)17-24-20(22)21-14-9-15-28(25-6-2,26-7-3)27-8-4/h5,18-19H,1,6-17H2,2-4H3,(H,21,22). The van der Waals surface area contributed by atoms with Crippen molar-refractivity contribution >= 4 is 14.9 Å². The zero-order valence-corrected chi connectivity index (χ0v) is 18.9. The Hall–Kier alpha value is -1.09. The molecule has 164 valence electrons. The number of ether oxygens (including phenoxy) is 2. The molecule has 1 rings (SSSR count). The quantitative estimate of drug-likeness (QED) is 0.245. The maximum Gasteiger partial charge on any atom is 0.500 e. The fourth-order valence-corrected chi connectivity index (χ4v) is 6.12. The van der Waals surface area contributed by atoms with Crippen molar-refractivity contribution in [3.05, 3.63) is 12.8 Å². The summed E-state index contributed by atoms with van der Waals surface area (Å²) in [4.78, 5) is 11.9. The fraction of sp³-hybridized carbons (Fsp3) is 0.850. The summed E-state index contributed by atoms with van der Waals surface area (Å²) in [6.07, 6.45) is 6.26. The van der Waals surface area contributed by atoms with Gasteiger partial charge in [0.1, 0.15) is 0 Å². The van der Waals surface area contributed by atoms with Crippen molar-refractivity contribution in [3.63, 3.8) is 0 Å². The van der Waals surface area contributed by atoms with E-state index in [1.165, 1.54) is 6.26 Å². The molecule has 0 atom stereocenters. The predicted octanol–water partition coefficient (Wildman–Crippen LogP) is 4.12. The van der Waals surface area contributed by atoms with E-state index in [1.807, 2.05) is 20.8 Å². The van der Waals surface area contributed by atoms with Gasteiger partial charge in [0.05, 0.1) is 19.5 Å². The summed E-state index contributed by atoms with van der Waals surface area (Å²) in [6, 6.07) is 0.680. The van der Waals surface area contributed by atoms with Gasteiger partial charge >= 0.3 is 14.9 Å². The first kappa shape index (κ1) is 24.9. The van der Waals surface area contributed by atoms with Crippen molar-refractivity contribution in [2.24, 2.45) is 11.8 Å². The number of carbonyl (C=O) groups excluding carboxylic acids is 1. The maximum absolute atomic E-state index is 11.9. The van der Waals surface area contributed by atoms with E-state index in [1.54, 1.807) is 0 Å². The minimum Gasteiger partial charge on any atom is -0.502 e. The average Bonchev–Trinajstić information content (AvgIpc) is 2.69. The average molecular weight is 418 g/mol. The molecule has 0 saturated heterocycles. The highest BCUT2D eigenvalue weighted by atomic mass is 28.4. The fourth-order valence-electron chi connectivity index (χ4n) is 3.51. The third-order valence-electron chi connectivity index (χ3n) is 4.89. The summed E-state index contributed by atoms with van der Waals surface area (Å²) in [7, 11) is -2.64. The third-order valence-corrected chi connectivity index (χ3v) is 8.04. The van der Waals surface area contributed by atoms with Crippen LogP contribution in [0.4, 0.5) is 4.79 Å². The molecule has 8 heteroatoms. The van der Waals surface area contributed by atoms with Gasteiger partial charge in [-0.05, 0) is 64.7 Å². The Balaban J connectivity index is 2.20. The summed E-state index contributed by atoms with van der Waals surface area (Å²) in [5.41, 5.74) is 0. The van der Waals surface area contributed by atoms with E-state index in [0.717, 1.165) is 38.7 Å². The van der Waals surface area contributed by atoms with Crippen LogP contribution in [0.3, 0.4) is 0 Å². The smallest absolute Gasteiger partial charge is 0.500 e. The second kappa shape index (κ2) is 14.8. The molecule has 0 aliphatic heterocycles. The topological polar surface area (TPSA) is 75.3 Å². The van der Waals surface area contributed by atoms with Crippen molar-refractivity contribution in [2.75, 3.05) is 39.6 Å². The van der Waals surface area contributed by atoms with Crippen LogP contribution in [0, 0.1) is 11.8 Å². The number of amides is 1. The molecule has 1 fully saturated rings. The van der Waals surface area contributed by atoms with E-state index in [4.69, 9.17) is 22.8 Å². The summed E-state index contributed by atoms with van der Waals surface area (Å²) in [6.45, 7) is 12.8. The van der Waals surface area contributed by atoms with Crippen LogP contribution in [0.25, 0.3) is 0 Å². The molecule has 28 heavy (non-hydrogen) atoms. The Kier molecular flexibility index (Phi) is 13.2. The van der Waals surface area contributed by atoms with Gasteiger partial charge in [0.25, 0.3) is 0 Å². The number of hydrogen-bond donors (Lipinski definition) is 1. The van der Waals surface area contributed by atoms with Crippen molar-refractivity contribution in [1.82, 2.24) is 5.32 Å². The van der Waals surface area contributed by atoms with E-state index in [0.29, 0.717) is 50.9 Å². The summed E-state index contributed by atoms with van der Waals surface area (Å²) in [5.74, 6) is 1.04. The van der Waals surface area contributed by atoms with Gasteiger partial charge in [0.15, 0.2) is 0 Å². The van der Waals surface area contributed by atoms with E-state index in [-0.39, 0.29) is 6.09 Å². The SMILES string of the molecule is C=COCC1CCC(COC(=O)NCCC[Si](OCC)(OCC)OCC)CC1. The van der Waals surface area contributed by atoms with Crippen LogP contribution in [-0.2, 0) is 22.8 Å². The molecule has 0 radical (unpaired) electrons. The molecule has 1 N–H and O–H groups in total. The highest BCUT2D eigenvalue weighted by molar-refractivity contribution is 6.60. The van der Waals surface area contributed by atoms with E-state index >= 15 is 0 Å². The zero-order chi connectivity index (χ0) is 20.7. The van der Waals surface area contributed by atoms with Crippen LogP contribution in [0.2, 0.25) is 6.04 Å². The van der Waals surface area contributed by atoms with E-state index < -0.39 is 8.80 Å². The lowest BCUT2D eigenvalue weighted by molar-refractivity contribution is 0.0704. The van der Waals surface area contributed by atoms with Crippen molar-refractivity contribution < 1.29 is 27.5 Å². The minimum absolute atomic E-state index is 0.353. The lowest BCUT2D eigenvalue weighted by Gasteiger charge is -2.28. The van der Waals surface area contributed by atoms with Gasteiger partial charge in [-0.15, -0.1) is 0 Å². The molecule has 0 aromatic heterocycles. The normalized spacial score (nSPS) is 19.8. The molecule has 1 amide bonds. The Morgan fingerprint density at radius 2 is 1.54 bits per heavy atom. The molecular formula is C20H39NO6Si. The molecule has 0 unspecified atom stereocenters. The molecule has 1 aliphatic rings. The third kappa shape index (κ3) is 9.91. The Labute approximate surface area is 171 Å². The van der Waals surface area contributed by atoms with Gasteiger partial charge in [-0.3, -0.25) is 0 Å². The molecule has 0 bridgehead atoms. The van der Waals surface area contributed by atoms with Crippen LogP contribution in [-0.4, -0.2) is 54.5 Å². The van der Waals surface area contributed by atoms with Crippen molar-refractivity contribution in [2.45, 2.75) is 58.9 Å². The summed E-state index contributed by atoms with van der Waals surface area (Å²) in [5, 5.41) is 2.82. The zero-order valence-electron chi connectivity index (χ0n) is 17.9. The first-order chi connectivity index (χ1) is 13.6. The second-order valence-electron chi connectivity index (χ2n) is 7.00. The molecule has 0 aromatic carbocycles. The predicted molar refractivity (Wildman–Crippen MR) is 111 cm³/mol. The van der Waals surface area contributed by atoms with Crippen molar-refractivity contribution in [1.29, 1.82) is 0 Å². The first-order valence-electron chi connectivity index (χ1n) is 10.6. The van der Waals surface area contributed by atoms with Gasteiger partial charge in [0.2, 0.25) is 0 Å². The van der Waals surface area contributed by atoms with Crippen molar-refractivity contribution in [3.8, 4) is 0 Å². The Morgan fingerprint density at radius 1 is 1.00 bits per heavy atom. The van der Waals surface area contributed by atoms with Gasteiger partial charge in [-0.1, -0.05) is 6.58 Å². The Morgan fingerprint density at radius 3 is 2.04 bits per heavy atom. The van der Waals surface area contributed by atoms with Crippen LogP contribution < -0.4 is 5.32 Å². The molecular weight excluding hydrogens is 378 g/mol. The van der Waals surface area contributed by atoms with Gasteiger partial charge in [0, 0.05) is 32.4 Å². The van der Waals surface area contributed by atoms with E-state index in [2.05, 4.69) is 11.9 Å². The van der Waals surface area contributed by atoms with Gasteiger partial charge in [-0.25, -0.2) is 4.79 Å². The number of nitrogens with one attached hydrogen (secondary N) is 1. The number of carbonyl (C=O) groups is 1. The van der Waals surface area contributed by atoms with Gasteiger partial charge < -0.3 is 28.1 Å². The second-order valence-corrected chi connectivity index (χ2v) is 9.73. The highest BCUT2D eigenvalue weighted by Crippen LogP contribution is 2.29. The molecule has 0 heterocycles. The monoisotopic (exact) mass is 417 g/mol. The van der Waals surface area contributed by atoms with Crippen LogP contribution in [0.1, 0.15) is 52.9 Å². The Bertz CT molecular complexity index is 412. The summed E-state index contributed by atoms with van der Waals surface area (Å²) < 4.78 is 28.1.